The molecule has 5 aromatic rings. The number of nitrogens with zero attached hydrogens (tertiary/aromatic N) is 8. The first-order valence-corrected chi connectivity index (χ1v) is 15.1. The Morgan fingerprint density at radius 2 is 1.81 bits per heavy atom. The van der Waals surface area contributed by atoms with Gasteiger partial charge in [-0.3, -0.25) is 9.67 Å². The van der Waals surface area contributed by atoms with Gasteiger partial charge in [-0.2, -0.15) is 28.8 Å². The molecule has 1 aliphatic carbocycles. The first kappa shape index (κ1) is 31.5. The van der Waals surface area contributed by atoms with Crippen molar-refractivity contribution in [2.45, 2.75) is 58.3 Å². The highest BCUT2D eigenvalue weighted by Gasteiger charge is 2.66. The van der Waals surface area contributed by atoms with E-state index in [0.29, 0.717) is 34.4 Å². The lowest BCUT2D eigenvalue weighted by atomic mass is 9.93. The predicted molar refractivity (Wildman–Crippen MR) is 171 cm³/mol. The Balaban J connectivity index is 1.51. The van der Waals surface area contributed by atoms with Gasteiger partial charge in [0.2, 0.25) is 0 Å². The third-order valence-electron chi connectivity index (χ3n) is 8.49. The van der Waals surface area contributed by atoms with Crippen molar-refractivity contribution in [1.29, 1.82) is 10.5 Å². The van der Waals surface area contributed by atoms with E-state index in [1.165, 1.54) is 12.4 Å². The Labute approximate surface area is 269 Å². The summed E-state index contributed by atoms with van der Waals surface area (Å²) in [7, 11) is 1.82. The molecule has 3 aromatic heterocycles. The van der Waals surface area contributed by atoms with Crippen LogP contribution in [0.1, 0.15) is 67.6 Å². The quantitative estimate of drug-likeness (QED) is 0.186. The maximum Gasteiger partial charge on any atom is 0.413 e. The molecule has 0 aliphatic heterocycles. The third kappa shape index (κ3) is 5.85. The highest BCUT2D eigenvalue weighted by molar-refractivity contribution is 5.99. The molecule has 0 unspecified atom stereocenters. The molecule has 10 nitrogen and oxygen atoms in total. The van der Waals surface area contributed by atoms with Crippen molar-refractivity contribution in [3.63, 3.8) is 0 Å². The number of alkyl halides is 3. The lowest BCUT2D eigenvalue weighted by molar-refractivity contribution is -0.182. The molecule has 0 amide bonds. The van der Waals surface area contributed by atoms with Crippen LogP contribution in [0.3, 0.4) is 0 Å². The number of halogens is 3. The third-order valence-corrected chi connectivity index (χ3v) is 8.49. The molecule has 47 heavy (non-hydrogen) atoms. The molecule has 240 valence electrons. The van der Waals surface area contributed by atoms with Crippen LogP contribution in [0.25, 0.3) is 22.2 Å². The van der Waals surface area contributed by atoms with Crippen LogP contribution in [-0.4, -0.2) is 42.5 Å². The van der Waals surface area contributed by atoms with Crippen LogP contribution in [0.15, 0.2) is 55.0 Å². The fourth-order valence-electron chi connectivity index (χ4n) is 5.76. The average Bonchev–Trinajstić information content (AvgIpc) is 3.51. The number of nitrogens with one attached hydrogen (secondary N) is 2. The molecule has 0 bridgehead atoms. The summed E-state index contributed by atoms with van der Waals surface area (Å²) in [6.07, 6.45) is 0.0207. The van der Waals surface area contributed by atoms with Gasteiger partial charge in [-0.05, 0) is 54.5 Å². The summed E-state index contributed by atoms with van der Waals surface area (Å²) < 4.78 is 44.8. The van der Waals surface area contributed by atoms with Gasteiger partial charge in [0, 0.05) is 42.6 Å². The van der Waals surface area contributed by atoms with Crippen molar-refractivity contribution >= 4 is 22.3 Å². The van der Waals surface area contributed by atoms with Gasteiger partial charge in [0.1, 0.15) is 17.8 Å². The number of benzene rings is 2. The minimum Gasteiger partial charge on any atom is -0.383 e. The highest BCUT2D eigenvalue weighted by Crippen LogP contribution is 2.55. The minimum absolute atomic E-state index is 0.0691. The van der Waals surface area contributed by atoms with Crippen molar-refractivity contribution in [2.75, 3.05) is 17.2 Å². The SMILES string of the molecule is Cc1c(-c2ccn(C)n2)cccc1[C@H](Nc1cc(C#N)c2ncc(C#N)c(NCC(C)(C)C)c2c1)c1cn(C2(C(F)(F)F)CC2)nn1. The molecule has 1 fully saturated rings. The van der Waals surface area contributed by atoms with Crippen molar-refractivity contribution < 1.29 is 13.2 Å². The summed E-state index contributed by atoms with van der Waals surface area (Å²) >= 11 is 0. The van der Waals surface area contributed by atoms with E-state index in [1.807, 2.05) is 44.4 Å². The second kappa shape index (κ2) is 11.4. The molecule has 13 heteroatoms. The Kier molecular flexibility index (Phi) is 7.67. The van der Waals surface area contributed by atoms with E-state index < -0.39 is 17.8 Å². The topological polar surface area (TPSA) is 133 Å². The van der Waals surface area contributed by atoms with Gasteiger partial charge in [0.15, 0.2) is 5.54 Å². The Morgan fingerprint density at radius 1 is 1.06 bits per heavy atom. The second-order valence-corrected chi connectivity index (χ2v) is 13.2. The van der Waals surface area contributed by atoms with Gasteiger partial charge in [-0.15, -0.1) is 5.10 Å². The first-order chi connectivity index (χ1) is 22.2. The van der Waals surface area contributed by atoms with E-state index in [-0.39, 0.29) is 29.5 Å². The van der Waals surface area contributed by atoms with Crippen LogP contribution in [0.5, 0.6) is 0 Å². The van der Waals surface area contributed by atoms with Gasteiger partial charge in [0.25, 0.3) is 0 Å². The van der Waals surface area contributed by atoms with E-state index in [4.69, 9.17) is 0 Å². The predicted octanol–water partition coefficient (Wildman–Crippen LogP) is 6.99. The fourth-order valence-corrected chi connectivity index (χ4v) is 5.76. The zero-order valence-corrected chi connectivity index (χ0v) is 26.6. The van der Waals surface area contributed by atoms with Gasteiger partial charge in [-0.1, -0.05) is 44.2 Å². The summed E-state index contributed by atoms with van der Waals surface area (Å²) in [5.41, 5.74) is 3.31. The second-order valence-electron chi connectivity index (χ2n) is 13.2. The van der Waals surface area contributed by atoms with Crippen LogP contribution in [0.4, 0.5) is 24.5 Å². The molecule has 0 radical (unpaired) electrons. The minimum atomic E-state index is -4.47. The number of rotatable bonds is 8. The monoisotopic (exact) mass is 638 g/mol. The molecule has 1 aliphatic rings. The van der Waals surface area contributed by atoms with Crippen LogP contribution in [-0.2, 0) is 12.6 Å². The number of nitriles is 2. The van der Waals surface area contributed by atoms with E-state index >= 15 is 0 Å². The number of anilines is 2. The van der Waals surface area contributed by atoms with Crippen LogP contribution < -0.4 is 10.6 Å². The molecule has 0 saturated heterocycles. The summed E-state index contributed by atoms with van der Waals surface area (Å²) in [5.74, 6) is 0. The smallest absolute Gasteiger partial charge is 0.383 e. The number of aryl methyl sites for hydroxylation is 1. The van der Waals surface area contributed by atoms with Crippen LogP contribution in [0.2, 0.25) is 0 Å². The molecule has 0 spiro atoms. The largest absolute Gasteiger partial charge is 0.413 e. The molecular formula is C34H33F3N10. The van der Waals surface area contributed by atoms with Gasteiger partial charge in [0.05, 0.1) is 40.3 Å². The Morgan fingerprint density at radius 3 is 2.43 bits per heavy atom. The maximum absolute atomic E-state index is 14.1. The Hall–Kier alpha value is -5.43. The molecule has 3 heterocycles. The van der Waals surface area contributed by atoms with E-state index in [1.54, 1.807) is 16.8 Å². The summed E-state index contributed by atoms with van der Waals surface area (Å²) in [6.45, 7) is 8.66. The number of pyridine rings is 1. The lowest BCUT2D eigenvalue weighted by Crippen LogP contribution is -2.35. The van der Waals surface area contributed by atoms with E-state index in [2.05, 4.69) is 63.9 Å². The fraction of sp³-hybridized carbons (Fsp3) is 0.353. The zero-order chi connectivity index (χ0) is 33.7. The highest BCUT2D eigenvalue weighted by atomic mass is 19.4. The summed E-state index contributed by atoms with van der Waals surface area (Å²) in [6, 6.07) is 14.6. The molecule has 2 N–H and O–H groups in total. The molecule has 1 atom stereocenters. The summed E-state index contributed by atoms with van der Waals surface area (Å²) in [4.78, 5) is 4.43. The van der Waals surface area contributed by atoms with E-state index in [9.17, 15) is 23.7 Å². The Bertz CT molecular complexity index is 2070. The normalized spacial score (nSPS) is 14.8. The van der Waals surface area contributed by atoms with Crippen molar-refractivity contribution in [2.24, 2.45) is 12.5 Å². The number of hydrogen-bond donors (Lipinski definition) is 2. The average molecular weight is 639 g/mol. The number of aromatic nitrogens is 6. The standard InChI is InChI=1S/C34H33F3N10/c1-20-24(27-9-12-46(5)44-27)7-6-8-25(20)31(28-18-47(45-43-28)33(10-11-33)34(35,36)37)42-23-13-21(15-38)29-26(14-23)30(22(16-39)17-40-29)41-19-32(2,3)4/h6-9,12-14,17-18,31,42H,10-11,19H2,1-5H3,(H,40,41)/t31-/m0/s1. The summed E-state index contributed by atoms with van der Waals surface area (Å²) in [5, 5.41) is 40.2. The van der Waals surface area contributed by atoms with Crippen molar-refractivity contribution in [3.8, 4) is 23.4 Å². The number of fused-ring (bicyclic) bond motifs is 1. The molecule has 1 saturated carbocycles. The van der Waals surface area contributed by atoms with Gasteiger partial charge >= 0.3 is 6.18 Å². The van der Waals surface area contributed by atoms with Gasteiger partial charge < -0.3 is 10.6 Å². The lowest BCUT2D eigenvalue weighted by Gasteiger charge is -2.23. The van der Waals surface area contributed by atoms with Crippen molar-refractivity contribution in [3.05, 3.63) is 82.9 Å². The molecular weight excluding hydrogens is 605 g/mol. The van der Waals surface area contributed by atoms with Gasteiger partial charge in [-0.25, -0.2) is 4.68 Å². The van der Waals surface area contributed by atoms with Crippen molar-refractivity contribution in [1.82, 2.24) is 29.8 Å². The van der Waals surface area contributed by atoms with Crippen LogP contribution >= 0.6 is 0 Å². The number of hydrogen-bond acceptors (Lipinski definition) is 8. The van der Waals surface area contributed by atoms with Crippen LogP contribution in [0, 0.1) is 35.0 Å². The zero-order valence-electron chi connectivity index (χ0n) is 26.6. The maximum atomic E-state index is 14.1. The molecule has 2 aromatic carbocycles. The van der Waals surface area contributed by atoms with E-state index in [0.717, 1.165) is 27.1 Å². The first-order valence-electron chi connectivity index (χ1n) is 15.1. The molecule has 6 rings (SSSR count).